The third-order valence-electron chi connectivity index (χ3n) is 4.07. The van der Waals surface area contributed by atoms with E-state index in [0.717, 1.165) is 25.1 Å². The highest BCUT2D eigenvalue weighted by atomic mass is 32.2. The zero-order chi connectivity index (χ0) is 16.0. The highest BCUT2D eigenvalue weighted by molar-refractivity contribution is 7.90. The normalized spacial score (nSPS) is 15.1. The molecule has 2 unspecified atom stereocenters. The van der Waals surface area contributed by atoms with Gasteiger partial charge in [-0.25, -0.2) is 8.42 Å². The van der Waals surface area contributed by atoms with Gasteiger partial charge in [0.2, 0.25) is 0 Å². The molecule has 0 aromatic heterocycles. The molecule has 0 heterocycles. The summed E-state index contributed by atoms with van der Waals surface area (Å²) in [6.07, 6.45) is 2.38. The van der Waals surface area contributed by atoms with Crippen molar-refractivity contribution in [1.82, 2.24) is 10.2 Å². The Morgan fingerprint density at radius 3 is 2.24 bits per heavy atom. The van der Waals surface area contributed by atoms with Crippen LogP contribution < -0.4 is 5.32 Å². The molecule has 0 aliphatic rings. The molecule has 0 saturated carbocycles. The second-order valence-corrected chi connectivity index (χ2v) is 7.77. The Hall–Kier alpha value is -0.910. The summed E-state index contributed by atoms with van der Waals surface area (Å²) in [7, 11) is -0.973. The van der Waals surface area contributed by atoms with Crippen molar-refractivity contribution in [2.75, 3.05) is 26.4 Å². The van der Waals surface area contributed by atoms with Crippen LogP contribution in [0.2, 0.25) is 0 Å². The van der Waals surface area contributed by atoms with Gasteiger partial charge in [0, 0.05) is 31.4 Å². The van der Waals surface area contributed by atoms with Gasteiger partial charge in [-0.2, -0.15) is 0 Å². The Labute approximate surface area is 129 Å². The second kappa shape index (κ2) is 7.92. The molecule has 4 nitrogen and oxygen atoms in total. The van der Waals surface area contributed by atoms with Crippen LogP contribution in [0.3, 0.4) is 0 Å². The molecule has 1 rings (SSSR count). The SMILES string of the molecule is CCC(C)N(C)CCNC(C)c1ccc(S(C)(=O)=O)cc1. The molecule has 1 N–H and O–H groups in total. The van der Waals surface area contributed by atoms with Gasteiger partial charge in [0.05, 0.1) is 4.90 Å². The van der Waals surface area contributed by atoms with Crippen molar-refractivity contribution in [3.05, 3.63) is 29.8 Å². The van der Waals surface area contributed by atoms with E-state index in [-0.39, 0.29) is 6.04 Å². The molecule has 0 amide bonds. The van der Waals surface area contributed by atoms with Crippen molar-refractivity contribution in [2.45, 2.75) is 44.2 Å². The van der Waals surface area contributed by atoms with Crippen LogP contribution in [0.4, 0.5) is 0 Å². The number of hydrogen-bond acceptors (Lipinski definition) is 4. The van der Waals surface area contributed by atoms with E-state index in [0.29, 0.717) is 10.9 Å². The van der Waals surface area contributed by atoms with E-state index in [2.05, 4.69) is 38.0 Å². The number of likely N-dealkylation sites (N-methyl/N-ethyl adjacent to an activating group) is 1. The number of hydrogen-bond donors (Lipinski definition) is 1. The van der Waals surface area contributed by atoms with Gasteiger partial charge in [-0.1, -0.05) is 19.1 Å². The number of nitrogens with zero attached hydrogens (tertiary/aromatic N) is 1. The fourth-order valence-electron chi connectivity index (χ4n) is 2.11. The molecule has 0 spiro atoms. The zero-order valence-electron chi connectivity index (χ0n) is 13.8. The van der Waals surface area contributed by atoms with Crippen LogP contribution in [0.1, 0.15) is 38.8 Å². The van der Waals surface area contributed by atoms with Gasteiger partial charge in [-0.3, -0.25) is 0 Å². The molecule has 0 fully saturated rings. The quantitative estimate of drug-likeness (QED) is 0.801. The Bertz CT molecular complexity index is 526. The maximum atomic E-state index is 11.4. The molecule has 21 heavy (non-hydrogen) atoms. The molecule has 0 saturated heterocycles. The average Bonchev–Trinajstić information content (AvgIpc) is 2.45. The summed E-state index contributed by atoms with van der Waals surface area (Å²) in [5.41, 5.74) is 1.11. The number of nitrogens with one attached hydrogen (secondary N) is 1. The summed E-state index contributed by atoms with van der Waals surface area (Å²) in [5.74, 6) is 0. The standard InChI is InChI=1S/C16H28N2O2S/c1-6-13(2)18(4)12-11-17-14(3)15-7-9-16(10-8-15)21(5,19)20/h7-10,13-14,17H,6,11-12H2,1-5H3. The lowest BCUT2D eigenvalue weighted by molar-refractivity contribution is 0.249. The fraction of sp³-hybridized carbons (Fsp3) is 0.625. The summed E-state index contributed by atoms with van der Waals surface area (Å²) in [5, 5.41) is 3.48. The van der Waals surface area contributed by atoms with Gasteiger partial charge < -0.3 is 10.2 Å². The maximum absolute atomic E-state index is 11.4. The number of rotatable bonds is 8. The van der Waals surface area contributed by atoms with E-state index in [1.54, 1.807) is 12.1 Å². The van der Waals surface area contributed by atoms with Gasteiger partial charge in [0.25, 0.3) is 0 Å². The monoisotopic (exact) mass is 312 g/mol. The third-order valence-corrected chi connectivity index (χ3v) is 5.20. The minimum atomic E-state index is -3.11. The molecule has 1 aromatic carbocycles. The number of sulfone groups is 1. The van der Waals surface area contributed by atoms with Crippen molar-refractivity contribution >= 4 is 9.84 Å². The molecule has 0 aliphatic heterocycles. The molecule has 0 radical (unpaired) electrons. The molecule has 2 atom stereocenters. The molecule has 0 bridgehead atoms. The lowest BCUT2D eigenvalue weighted by Crippen LogP contribution is -2.35. The van der Waals surface area contributed by atoms with Gasteiger partial charge in [0.15, 0.2) is 9.84 Å². The Morgan fingerprint density at radius 1 is 1.19 bits per heavy atom. The van der Waals surface area contributed by atoms with Crippen LogP contribution in [0.5, 0.6) is 0 Å². The van der Waals surface area contributed by atoms with Crippen molar-refractivity contribution in [3.63, 3.8) is 0 Å². The van der Waals surface area contributed by atoms with E-state index in [9.17, 15) is 8.42 Å². The van der Waals surface area contributed by atoms with Crippen molar-refractivity contribution in [3.8, 4) is 0 Å². The van der Waals surface area contributed by atoms with E-state index in [1.165, 1.54) is 6.26 Å². The van der Waals surface area contributed by atoms with Gasteiger partial charge in [0.1, 0.15) is 0 Å². The van der Waals surface area contributed by atoms with Crippen molar-refractivity contribution in [2.24, 2.45) is 0 Å². The smallest absolute Gasteiger partial charge is 0.175 e. The first-order valence-corrected chi connectivity index (χ1v) is 9.38. The predicted molar refractivity (Wildman–Crippen MR) is 88.4 cm³/mol. The molecule has 120 valence electrons. The first-order chi connectivity index (χ1) is 9.75. The van der Waals surface area contributed by atoms with Crippen LogP contribution in [-0.4, -0.2) is 45.8 Å². The first kappa shape index (κ1) is 18.1. The lowest BCUT2D eigenvalue weighted by Gasteiger charge is -2.24. The van der Waals surface area contributed by atoms with Crippen LogP contribution in [0, 0.1) is 0 Å². The van der Waals surface area contributed by atoms with Crippen LogP contribution in [0.15, 0.2) is 29.2 Å². The molecule has 5 heteroatoms. The predicted octanol–water partition coefficient (Wildman–Crippen LogP) is 2.47. The van der Waals surface area contributed by atoms with Crippen LogP contribution in [0.25, 0.3) is 0 Å². The van der Waals surface area contributed by atoms with Crippen LogP contribution in [-0.2, 0) is 9.84 Å². The van der Waals surface area contributed by atoms with E-state index in [1.807, 2.05) is 12.1 Å². The average molecular weight is 312 g/mol. The van der Waals surface area contributed by atoms with Crippen molar-refractivity contribution in [1.29, 1.82) is 0 Å². The minimum Gasteiger partial charge on any atom is -0.309 e. The summed E-state index contributed by atoms with van der Waals surface area (Å²) < 4.78 is 22.9. The fourth-order valence-corrected chi connectivity index (χ4v) is 2.74. The Kier molecular flexibility index (Phi) is 6.84. The molecular weight excluding hydrogens is 284 g/mol. The number of benzene rings is 1. The lowest BCUT2D eigenvalue weighted by atomic mass is 10.1. The Morgan fingerprint density at radius 2 is 1.76 bits per heavy atom. The van der Waals surface area contributed by atoms with Crippen LogP contribution >= 0.6 is 0 Å². The summed E-state index contributed by atoms with van der Waals surface area (Å²) in [4.78, 5) is 2.71. The highest BCUT2D eigenvalue weighted by Crippen LogP contribution is 2.16. The first-order valence-electron chi connectivity index (χ1n) is 7.49. The topological polar surface area (TPSA) is 49.4 Å². The third kappa shape index (κ3) is 5.77. The molecular formula is C16H28N2O2S. The zero-order valence-corrected chi connectivity index (χ0v) is 14.6. The van der Waals surface area contributed by atoms with E-state index in [4.69, 9.17) is 0 Å². The van der Waals surface area contributed by atoms with Gasteiger partial charge in [-0.05, 0) is 45.0 Å². The maximum Gasteiger partial charge on any atom is 0.175 e. The van der Waals surface area contributed by atoms with E-state index < -0.39 is 9.84 Å². The summed E-state index contributed by atoms with van der Waals surface area (Å²) >= 11 is 0. The van der Waals surface area contributed by atoms with Crippen molar-refractivity contribution < 1.29 is 8.42 Å². The molecule has 1 aromatic rings. The minimum absolute atomic E-state index is 0.212. The van der Waals surface area contributed by atoms with E-state index >= 15 is 0 Å². The summed E-state index contributed by atoms with van der Waals surface area (Å²) in [6.45, 7) is 8.43. The summed E-state index contributed by atoms with van der Waals surface area (Å²) in [6, 6.07) is 7.92. The largest absolute Gasteiger partial charge is 0.309 e. The highest BCUT2D eigenvalue weighted by Gasteiger charge is 2.10. The van der Waals surface area contributed by atoms with Gasteiger partial charge in [-0.15, -0.1) is 0 Å². The Balaban J connectivity index is 2.51. The second-order valence-electron chi connectivity index (χ2n) is 5.75. The van der Waals surface area contributed by atoms with Gasteiger partial charge >= 0.3 is 0 Å². The molecule has 0 aliphatic carbocycles.